The van der Waals surface area contributed by atoms with E-state index < -0.39 is 5.91 Å². The molecular weight excluding hydrogens is 368 g/mol. The second kappa shape index (κ2) is 8.26. The summed E-state index contributed by atoms with van der Waals surface area (Å²) >= 11 is 0. The number of carbonyl (C=O) groups excluding carboxylic acids is 2. The fourth-order valence-electron chi connectivity index (χ4n) is 3.75. The van der Waals surface area contributed by atoms with Gasteiger partial charge in [0.2, 0.25) is 5.91 Å². The Balaban J connectivity index is 1.65. The summed E-state index contributed by atoms with van der Waals surface area (Å²) < 4.78 is 1.21. The van der Waals surface area contributed by atoms with Crippen LogP contribution < -0.4 is 16.4 Å². The van der Waals surface area contributed by atoms with Gasteiger partial charge in [-0.25, -0.2) is 0 Å². The molecule has 1 aliphatic carbocycles. The Kier molecular flexibility index (Phi) is 5.37. The summed E-state index contributed by atoms with van der Waals surface area (Å²) in [5.74, 6) is -0.819. The Bertz CT molecular complexity index is 1100. The molecule has 1 saturated carbocycles. The second-order valence-electron chi connectivity index (χ2n) is 7.23. The van der Waals surface area contributed by atoms with Gasteiger partial charge in [0.05, 0.1) is 11.1 Å². The first-order valence-electron chi connectivity index (χ1n) is 9.83. The summed E-state index contributed by atoms with van der Waals surface area (Å²) in [5, 5.41) is 5.13. The normalized spacial score (nSPS) is 14.5. The number of nitrogens with one attached hydrogen (secondary N) is 2. The maximum Gasteiger partial charge on any atom is 0.290 e. The largest absolute Gasteiger partial charge is 0.290 e. The van der Waals surface area contributed by atoms with Crippen molar-refractivity contribution in [1.82, 2.24) is 20.6 Å². The van der Waals surface area contributed by atoms with Crippen molar-refractivity contribution in [2.75, 3.05) is 0 Å². The average Bonchev–Trinajstić information content (AvgIpc) is 2.79. The van der Waals surface area contributed by atoms with Crippen molar-refractivity contribution in [2.45, 2.75) is 32.1 Å². The molecule has 148 valence electrons. The summed E-state index contributed by atoms with van der Waals surface area (Å²) in [4.78, 5) is 38.1. The molecule has 0 spiro atoms. The number of benzene rings is 2. The highest BCUT2D eigenvalue weighted by atomic mass is 16.2. The topological polar surface area (TPSA) is 93.1 Å². The van der Waals surface area contributed by atoms with Gasteiger partial charge in [0.25, 0.3) is 11.5 Å². The van der Waals surface area contributed by atoms with Crippen LogP contribution in [0.25, 0.3) is 16.5 Å². The highest BCUT2D eigenvalue weighted by molar-refractivity contribution is 6.05. The first-order chi connectivity index (χ1) is 14.1. The van der Waals surface area contributed by atoms with Gasteiger partial charge < -0.3 is 0 Å². The molecule has 1 fully saturated rings. The molecule has 3 aromatic rings. The van der Waals surface area contributed by atoms with Gasteiger partial charge in [-0.15, -0.1) is 0 Å². The third kappa shape index (κ3) is 3.89. The summed E-state index contributed by atoms with van der Waals surface area (Å²) in [5.41, 5.74) is 5.32. The number of rotatable bonds is 3. The number of nitrogens with zero attached hydrogens (tertiary/aromatic N) is 2. The van der Waals surface area contributed by atoms with Crippen LogP contribution in [0.2, 0.25) is 0 Å². The van der Waals surface area contributed by atoms with Gasteiger partial charge in [-0.05, 0) is 31.0 Å². The molecule has 7 nitrogen and oxygen atoms in total. The summed E-state index contributed by atoms with van der Waals surface area (Å²) in [6.07, 6.45) is 4.87. The Morgan fingerprint density at radius 1 is 0.862 bits per heavy atom. The molecule has 0 atom stereocenters. The van der Waals surface area contributed by atoms with E-state index in [-0.39, 0.29) is 23.1 Å². The molecule has 1 aliphatic rings. The minimum Gasteiger partial charge on any atom is -0.273 e. The maximum absolute atomic E-state index is 12.9. The molecule has 0 bridgehead atoms. The molecular formula is C22H22N4O3. The fraction of sp³-hybridized carbons (Fsp3) is 0.273. The molecule has 2 N–H and O–H groups in total. The van der Waals surface area contributed by atoms with Gasteiger partial charge in [0.1, 0.15) is 0 Å². The minimum atomic E-state index is -0.560. The number of hydrogen-bond donors (Lipinski definition) is 2. The molecule has 29 heavy (non-hydrogen) atoms. The number of carbonyl (C=O) groups is 2. The second-order valence-corrected chi connectivity index (χ2v) is 7.23. The van der Waals surface area contributed by atoms with E-state index >= 15 is 0 Å². The molecule has 0 radical (unpaired) electrons. The summed E-state index contributed by atoms with van der Waals surface area (Å²) in [6.45, 7) is 0. The average molecular weight is 390 g/mol. The number of aromatic nitrogens is 2. The van der Waals surface area contributed by atoms with Crippen molar-refractivity contribution in [3.8, 4) is 5.69 Å². The minimum absolute atomic E-state index is 0.0768. The third-order valence-electron chi connectivity index (χ3n) is 5.30. The number of hydrogen-bond acceptors (Lipinski definition) is 4. The highest BCUT2D eigenvalue weighted by Crippen LogP contribution is 2.23. The molecule has 2 amide bonds. The zero-order chi connectivity index (χ0) is 20.2. The summed E-state index contributed by atoms with van der Waals surface area (Å²) in [6, 6.07) is 15.7. The van der Waals surface area contributed by atoms with Gasteiger partial charge in [-0.1, -0.05) is 55.7 Å². The zero-order valence-electron chi connectivity index (χ0n) is 15.9. The Hall–Kier alpha value is -3.48. The van der Waals surface area contributed by atoms with Gasteiger partial charge in [0.15, 0.2) is 5.69 Å². The van der Waals surface area contributed by atoms with Gasteiger partial charge in [0, 0.05) is 11.3 Å². The number of hydrazine groups is 1. The van der Waals surface area contributed by atoms with Crippen molar-refractivity contribution in [3.63, 3.8) is 0 Å². The van der Waals surface area contributed by atoms with Crippen LogP contribution in [0.15, 0.2) is 59.4 Å². The summed E-state index contributed by atoms with van der Waals surface area (Å²) in [7, 11) is 0. The van der Waals surface area contributed by atoms with E-state index in [1.165, 1.54) is 4.68 Å². The third-order valence-corrected chi connectivity index (χ3v) is 5.30. The molecule has 0 unspecified atom stereocenters. The Morgan fingerprint density at radius 3 is 2.24 bits per heavy atom. The van der Waals surface area contributed by atoms with Gasteiger partial charge in [-0.3, -0.25) is 25.2 Å². The van der Waals surface area contributed by atoms with E-state index in [4.69, 9.17) is 0 Å². The lowest BCUT2D eigenvalue weighted by Crippen LogP contribution is -2.45. The quantitative estimate of drug-likeness (QED) is 0.673. The first-order valence-corrected chi connectivity index (χ1v) is 9.83. The lowest BCUT2D eigenvalue weighted by molar-refractivity contribution is -0.126. The maximum atomic E-state index is 12.9. The zero-order valence-corrected chi connectivity index (χ0v) is 15.9. The molecule has 0 aliphatic heterocycles. The van der Waals surface area contributed by atoms with E-state index in [0.717, 1.165) is 32.1 Å². The van der Waals surface area contributed by atoms with Crippen LogP contribution in [0.4, 0.5) is 0 Å². The predicted octanol–water partition coefficient (Wildman–Crippen LogP) is 2.73. The molecule has 0 saturated heterocycles. The van der Waals surface area contributed by atoms with Crippen molar-refractivity contribution in [3.05, 3.63) is 70.6 Å². The van der Waals surface area contributed by atoms with Crippen molar-refractivity contribution in [1.29, 1.82) is 0 Å². The molecule has 1 aromatic heterocycles. The van der Waals surface area contributed by atoms with Crippen LogP contribution in [-0.4, -0.2) is 21.6 Å². The predicted molar refractivity (Wildman–Crippen MR) is 110 cm³/mol. The van der Waals surface area contributed by atoms with E-state index in [0.29, 0.717) is 16.5 Å². The first kappa shape index (κ1) is 18.9. The monoisotopic (exact) mass is 390 g/mol. The van der Waals surface area contributed by atoms with Crippen LogP contribution >= 0.6 is 0 Å². The van der Waals surface area contributed by atoms with Crippen molar-refractivity contribution in [2.24, 2.45) is 5.92 Å². The standard InChI is InChI=1S/C22H22N4O3/c27-20(15-9-3-1-4-10-15)23-24-21(28)19-17-13-7-8-14-18(17)22(29)26(25-19)16-11-5-2-6-12-16/h2,5-8,11-15H,1,3-4,9-10H2,(H,23,27)(H,24,28). The van der Waals surface area contributed by atoms with Gasteiger partial charge in [-0.2, -0.15) is 9.78 Å². The van der Waals surface area contributed by atoms with E-state index in [1.54, 1.807) is 48.5 Å². The Labute approximate surface area is 167 Å². The molecule has 7 heteroatoms. The SMILES string of the molecule is O=C(NNC(=O)C1CCCCC1)c1nn(-c2ccccc2)c(=O)c2ccccc12. The van der Waals surface area contributed by atoms with E-state index in [2.05, 4.69) is 16.0 Å². The number of para-hydroxylation sites is 1. The lowest BCUT2D eigenvalue weighted by atomic mass is 9.89. The number of amides is 2. The van der Waals surface area contributed by atoms with Crippen molar-refractivity contribution >= 4 is 22.6 Å². The van der Waals surface area contributed by atoms with Crippen LogP contribution in [0.3, 0.4) is 0 Å². The van der Waals surface area contributed by atoms with Crippen LogP contribution in [-0.2, 0) is 4.79 Å². The van der Waals surface area contributed by atoms with E-state index in [9.17, 15) is 14.4 Å². The van der Waals surface area contributed by atoms with Gasteiger partial charge >= 0.3 is 0 Å². The Morgan fingerprint density at radius 2 is 1.52 bits per heavy atom. The molecule has 2 aromatic carbocycles. The smallest absolute Gasteiger partial charge is 0.273 e. The van der Waals surface area contributed by atoms with Crippen LogP contribution in [0, 0.1) is 5.92 Å². The number of fused-ring (bicyclic) bond motifs is 1. The fourth-order valence-corrected chi connectivity index (χ4v) is 3.75. The molecule has 1 heterocycles. The lowest BCUT2D eigenvalue weighted by Gasteiger charge is -2.20. The highest BCUT2D eigenvalue weighted by Gasteiger charge is 2.23. The van der Waals surface area contributed by atoms with Crippen molar-refractivity contribution < 1.29 is 9.59 Å². The molecule has 4 rings (SSSR count). The van der Waals surface area contributed by atoms with E-state index in [1.807, 2.05) is 6.07 Å². The van der Waals surface area contributed by atoms with Crippen LogP contribution in [0.5, 0.6) is 0 Å². The van der Waals surface area contributed by atoms with Crippen LogP contribution in [0.1, 0.15) is 42.6 Å².